The molecule has 27 heavy (non-hydrogen) atoms. The van der Waals surface area contributed by atoms with E-state index in [1.165, 1.54) is 6.42 Å². The number of hydrogen-bond donors (Lipinski definition) is 0. The summed E-state index contributed by atoms with van der Waals surface area (Å²) in [7, 11) is 0. The number of hydrogen-bond acceptors (Lipinski definition) is 4. The van der Waals surface area contributed by atoms with E-state index in [0.717, 1.165) is 36.4 Å². The summed E-state index contributed by atoms with van der Waals surface area (Å²) >= 11 is 0. The Balaban J connectivity index is 1.26. The molecular formula is C21H22N4O2. The molecular weight excluding hydrogens is 340 g/mol. The van der Waals surface area contributed by atoms with Crippen LogP contribution < -0.4 is 0 Å². The highest BCUT2D eigenvalue weighted by Gasteiger charge is 2.57. The quantitative estimate of drug-likeness (QED) is 0.783. The molecule has 3 saturated carbocycles. The maximum atomic E-state index is 12.7. The average Bonchev–Trinajstić information content (AvgIpc) is 3.29. The number of piperazine rings is 1. The van der Waals surface area contributed by atoms with E-state index < -0.39 is 5.91 Å². The lowest BCUT2D eigenvalue weighted by atomic mass is 9.75. The number of carbonyl (C=O) groups is 2. The SMILES string of the molecule is O=C1C(=O)N(C23CCC(C2)C3)CCN1Cc1ccc(-c2ccccc2)nn1. The number of amides is 2. The fourth-order valence-corrected chi connectivity index (χ4v) is 4.93. The van der Waals surface area contributed by atoms with Crippen LogP contribution in [0.15, 0.2) is 42.5 Å². The summed E-state index contributed by atoms with van der Waals surface area (Å²) in [5.41, 5.74) is 2.49. The standard InChI is InChI=1S/C21H22N4O2/c26-19-20(27)25(21-9-8-15(12-21)13-21)11-10-24(19)14-17-6-7-18(23-22-17)16-4-2-1-3-5-16/h1-7,15H,8-14H2. The van der Waals surface area contributed by atoms with Gasteiger partial charge in [-0.3, -0.25) is 9.59 Å². The van der Waals surface area contributed by atoms with Crippen LogP contribution in [0.25, 0.3) is 11.3 Å². The number of nitrogens with zero attached hydrogens (tertiary/aromatic N) is 4. The second-order valence-electron chi connectivity index (χ2n) is 8.00. The van der Waals surface area contributed by atoms with E-state index >= 15 is 0 Å². The molecule has 0 spiro atoms. The molecule has 138 valence electrons. The van der Waals surface area contributed by atoms with E-state index in [0.29, 0.717) is 25.3 Å². The molecule has 1 aliphatic heterocycles. The van der Waals surface area contributed by atoms with Gasteiger partial charge in [-0.2, -0.15) is 10.2 Å². The van der Waals surface area contributed by atoms with Gasteiger partial charge < -0.3 is 9.80 Å². The van der Waals surface area contributed by atoms with Crippen molar-refractivity contribution in [3.05, 3.63) is 48.2 Å². The van der Waals surface area contributed by atoms with E-state index in [1.807, 2.05) is 47.4 Å². The highest BCUT2D eigenvalue weighted by molar-refractivity contribution is 6.35. The first-order valence-corrected chi connectivity index (χ1v) is 9.64. The summed E-state index contributed by atoms with van der Waals surface area (Å²) in [4.78, 5) is 28.8. The third kappa shape index (κ3) is 2.71. The molecule has 2 amide bonds. The predicted molar refractivity (Wildman–Crippen MR) is 99.3 cm³/mol. The monoisotopic (exact) mass is 362 g/mol. The van der Waals surface area contributed by atoms with Crippen LogP contribution in [-0.4, -0.2) is 50.4 Å². The molecule has 6 rings (SSSR count). The Morgan fingerprint density at radius 1 is 0.963 bits per heavy atom. The van der Waals surface area contributed by atoms with Crippen LogP contribution in [0.5, 0.6) is 0 Å². The summed E-state index contributed by atoms with van der Waals surface area (Å²) in [6.07, 6.45) is 4.42. The maximum absolute atomic E-state index is 12.7. The molecule has 0 atom stereocenters. The van der Waals surface area contributed by atoms with Crippen molar-refractivity contribution in [3.8, 4) is 11.3 Å². The molecule has 0 radical (unpaired) electrons. The lowest BCUT2D eigenvalue weighted by molar-refractivity contribution is -0.163. The molecule has 2 heterocycles. The fraction of sp³-hybridized carbons (Fsp3) is 0.429. The zero-order chi connectivity index (χ0) is 18.4. The van der Waals surface area contributed by atoms with Crippen LogP contribution in [-0.2, 0) is 16.1 Å². The highest BCUT2D eigenvalue weighted by atomic mass is 16.2. The molecule has 2 aromatic rings. The van der Waals surface area contributed by atoms with Crippen molar-refractivity contribution in [3.63, 3.8) is 0 Å². The van der Waals surface area contributed by atoms with Crippen LogP contribution >= 0.6 is 0 Å². The fourth-order valence-electron chi connectivity index (χ4n) is 4.93. The molecule has 1 aromatic carbocycles. The molecule has 0 unspecified atom stereocenters. The minimum absolute atomic E-state index is 0.0133. The Kier molecular flexibility index (Phi) is 3.74. The predicted octanol–water partition coefficient (Wildman–Crippen LogP) is 2.26. The highest BCUT2D eigenvalue weighted by Crippen LogP contribution is 2.55. The van der Waals surface area contributed by atoms with E-state index in [2.05, 4.69) is 10.2 Å². The number of rotatable bonds is 4. The summed E-state index contributed by atoms with van der Waals surface area (Å²) in [5.74, 6) is 0.0275. The van der Waals surface area contributed by atoms with Gasteiger partial charge in [0.1, 0.15) is 0 Å². The molecule has 1 aromatic heterocycles. The normalized spacial score (nSPS) is 27.0. The van der Waals surface area contributed by atoms with Crippen molar-refractivity contribution in [1.29, 1.82) is 0 Å². The topological polar surface area (TPSA) is 66.4 Å². The van der Waals surface area contributed by atoms with E-state index in [4.69, 9.17) is 0 Å². The van der Waals surface area contributed by atoms with Crippen molar-refractivity contribution in [2.24, 2.45) is 5.92 Å². The van der Waals surface area contributed by atoms with Crippen LogP contribution in [0, 0.1) is 5.92 Å². The Morgan fingerprint density at radius 2 is 1.78 bits per heavy atom. The van der Waals surface area contributed by atoms with Gasteiger partial charge in [-0.15, -0.1) is 0 Å². The van der Waals surface area contributed by atoms with Gasteiger partial charge in [0, 0.05) is 24.2 Å². The molecule has 6 nitrogen and oxygen atoms in total. The van der Waals surface area contributed by atoms with Gasteiger partial charge in [-0.25, -0.2) is 0 Å². The summed E-state index contributed by atoms with van der Waals surface area (Å²) in [6, 6.07) is 13.6. The average molecular weight is 362 g/mol. The Morgan fingerprint density at radius 3 is 2.44 bits per heavy atom. The largest absolute Gasteiger partial charge is 0.327 e. The maximum Gasteiger partial charge on any atom is 0.312 e. The van der Waals surface area contributed by atoms with Crippen LogP contribution in [0.3, 0.4) is 0 Å². The van der Waals surface area contributed by atoms with Crippen molar-refractivity contribution >= 4 is 11.8 Å². The second-order valence-corrected chi connectivity index (χ2v) is 8.00. The Bertz CT molecular complexity index is 869. The van der Waals surface area contributed by atoms with Gasteiger partial charge in [0.25, 0.3) is 0 Å². The summed E-state index contributed by atoms with van der Waals surface area (Å²) < 4.78 is 0. The molecule has 1 saturated heterocycles. The van der Waals surface area contributed by atoms with Gasteiger partial charge in [0.15, 0.2) is 0 Å². The zero-order valence-corrected chi connectivity index (χ0v) is 15.2. The van der Waals surface area contributed by atoms with Crippen LogP contribution in [0.1, 0.15) is 31.4 Å². The molecule has 6 heteroatoms. The first-order valence-electron chi connectivity index (χ1n) is 9.64. The number of aromatic nitrogens is 2. The smallest absolute Gasteiger partial charge is 0.312 e. The summed E-state index contributed by atoms with van der Waals surface area (Å²) in [5, 5.41) is 8.53. The van der Waals surface area contributed by atoms with Gasteiger partial charge in [0.2, 0.25) is 0 Å². The minimum Gasteiger partial charge on any atom is -0.327 e. The van der Waals surface area contributed by atoms with Gasteiger partial charge >= 0.3 is 11.8 Å². The lowest BCUT2D eigenvalue weighted by Crippen LogP contribution is -2.63. The summed E-state index contributed by atoms with van der Waals surface area (Å²) in [6.45, 7) is 1.53. The van der Waals surface area contributed by atoms with Gasteiger partial charge in [-0.1, -0.05) is 30.3 Å². The molecule has 0 N–H and O–H groups in total. The van der Waals surface area contributed by atoms with Gasteiger partial charge in [-0.05, 0) is 43.7 Å². The molecule has 3 aliphatic carbocycles. The molecule has 4 aliphatic rings. The molecule has 2 bridgehead atoms. The Hall–Kier alpha value is -2.76. The van der Waals surface area contributed by atoms with Crippen molar-refractivity contribution in [2.45, 2.75) is 37.8 Å². The molecule has 4 fully saturated rings. The van der Waals surface area contributed by atoms with Crippen molar-refractivity contribution in [2.75, 3.05) is 13.1 Å². The Labute approximate surface area is 158 Å². The van der Waals surface area contributed by atoms with E-state index in [-0.39, 0.29) is 11.4 Å². The zero-order valence-electron chi connectivity index (χ0n) is 15.2. The van der Waals surface area contributed by atoms with E-state index in [1.54, 1.807) is 4.90 Å². The van der Waals surface area contributed by atoms with E-state index in [9.17, 15) is 9.59 Å². The number of benzene rings is 1. The number of carbonyl (C=O) groups excluding carboxylic acids is 2. The van der Waals surface area contributed by atoms with Crippen molar-refractivity contribution < 1.29 is 9.59 Å². The first-order chi connectivity index (χ1) is 13.1. The van der Waals surface area contributed by atoms with Crippen molar-refractivity contribution in [1.82, 2.24) is 20.0 Å². The third-order valence-corrected chi connectivity index (χ3v) is 6.38. The minimum atomic E-state index is -0.403. The second kappa shape index (κ2) is 6.15. The third-order valence-electron chi connectivity index (χ3n) is 6.38. The lowest BCUT2D eigenvalue weighted by Gasteiger charge is -2.50. The van der Waals surface area contributed by atoms with Crippen LogP contribution in [0.2, 0.25) is 0 Å². The number of fused-ring (bicyclic) bond motifs is 1. The van der Waals surface area contributed by atoms with Crippen LogP contribution in [0.4, 0.5) is 0 Å². The van der Waals surface area contributed by atoms with Gasteiger partial charge in [0.05, 0.1) is 17.9 Å². The first kappa shape index (κ1) is 16.4.